The monoisotopic (exact) mass is 254 g/mol. The molecular formula is C13H19FN2O2. The fraction of sp³-hybridized carbons (Fsp3) is 0.538. The van der Waals surface area contributed by atoms with Crippen molar-refractivity contribution in [1.29, 1.82) is 0 Å². The number of rotatable bonds is 5. The van der Waals surface area contributed by atoms with Gasteiger partial charge in [0.15, 0.2) is 5.82 Å². The SMILES string of the molecule is CC[C@@H](C)[C@@](C)(O)CNC(=O)c1ccncc1F. The van der Waals surface area contributed by atoms with Gasteiger partial charge in [0, 0.05) is 12.7 Å². The summed E-state index contributed by atoms with van der Waals surface area (Å²) < 4.78 is 13.3. The molecule has 0 unspecified atom stereocenters. The number of carbonyl (C=O) groups excluding carboxylic acids is 1. The first-order valence-electron chi connectivity index (χ1n) is 5.98. The van der Waals surface area contributed by atoms with Crippen LogP contribution in [0.4, 0.5) is 4.39 Å². The van der Waals surface area contributed by atoms with Crippen molar-refractivity contribution in [2.24, 2.45) is 5.92 Å². The zero-order valence-electron chi connectivity index (χ0n) is 10.9. The lowest BCUT2D eigenvalue weighted by Gasteiger charge is -2.29. The maximum atomic E-state index is 13.3. The van der Waals surface area contributed by atoms with Gasteiger partial charge in [-0.2, -0.15) is 0 Å². The molecule has 0 radical (unpaired) electrons. The lowest BCUT2D eigenvalue weighted by atomic mass is 9.88. The van der Waals surface area contributed by atoms with Gasteiger partial charge in [0.2, 0.25) is 0 Å². The van der Waals surface area contributed by atoms with Crippen LogP contribution in [0, 0.1) is 11.7 Å². The van der Waals surface area contributed by atoms with Gasteiger partial charge >= 0.3 is 0 Å². The third-order valence-corrected chi connectivity index (χ3v) is 3.30. The summed E-state index contributed by atoms with van der Waals surface area (Å²) in [6.45, 7) is 5.61. The second-order valence-corrected chi connectivity index (χ2v) is 4.70. The molecule has 0 fully saturated rings. The van der Waals surface area contributed by atoms with Crippen LogP contribution in [-0.4, -0.2) is 28.1 Å². The number of nitrogens with one attached hydrogen (secondary N) is 1. The van der Waals surface area contributed by atoms with Crippen molar-refractivity contribution in [2.45, 2.75) is 32.8 Å². The van der Waals surface area contributed by atoms with Crippen LogP contribution in [0.15, 0.2) is 18.5 Å². The molecule has 1 aromatic heterocycles. The van der Waals surface area contributed by atoms with Gasteiger partial charge in [0.05, 0.1) is 17.4 Å². The Bertz CT molecular complexity index is 421. The highest BCUT2D eigenvalue weighted by Gasteiger charge is 2.27. The average molecular weight is 254 g/mol. The van der Waals surface area contributed by atoms with Crippen LogP contribution < -0.4 is 5.32 Å². The smallest absolute Gasteiger partial charge is 0.254 e. The number of aromatic nitrogens is 1. The second-order valence-electron chi connectivity index (χ2n) is 4.70. The second kappa shape index (κ2) is 5.91. The number of amides is 1. The Kier molecular flexibility index (Phi) is 4.78. The Morgan fingerprint density at radius 1 is 1.67 bits per heavy atom. The summed E-state index contributed by atoms with van der Waals surface area (Å²) in [5.74, 6) is -1.17. The van der Waals surface area contributed by atoms with Crippen molar-refractivity contribution < 1.29 is 14.3 Å². The first-order valence-corrected chi connectivity index (χ1v) is 5.98. The normalized spacial score (nSPS) is 15.8. The van der Waals surface area contributed by atoms with Crippen molar-refractivity contribution in [3.05, 3.63) is 29.8 Å². The first kappa shape index (κ1) is 14.6. The maximum Gasteiger partial charge on any atom is 0.254 e. The number of aliphatic hydroxyl groups is 1. The van der Waals surface area contributed by atoms with Crippen LogP contribution in [0.1, 0.15) is 37.6 Å². The van der Waals surface area contributed by atoms with Gasteiger partial charge in [0.1, 0.15) is 0 Å². The minimum absolute atomic E-state index is 0.0417. The van der Waals surface area contributed by atoms with Crippen LogP contribution in [-0.2, 0) is 0 Å². The number of carbonyl (C=O) groups is 1. The van der Waals surface area contributed by atoms with E-state index < -0.39 is 17.3 Å². The molecule has 4 nitrogen and oxygen atoms in total. The van der Waals surface area contributed by atoms with Crippen molar-refractivity contribution in [3.63, 3.8) is 0 Å². The molecule has 0 saturated heterocycles. The van der Waals surface area contributed by atoms with E-state index in [1.807, 2.05) is 13.8 Å². The lowest BCUT2D eigenvalue weighted by molar-refractivity contribution is 0.00588. The van der Waals surface area contributed by atoms with Crippen LogP contribution in [0.2, 0.25) is 0 Å². The third-order valence-electron chi connectivity index (χ3n) is 3.30. The highest BCUT2D eigenvalue weighted by Crippen LogP contribution is 2.19. The fourth-order valence-electron chi connectivity index (χ4n) is 1.53. The Morgan fingerprint density at radius 2 is 2.33 bits per heavy atom. The molecule has 0 saturated carbocycles. The van der Waals surface area contributed by atoms with Gasteiger partial charge in [-0.25, -0.2) is 4.39 Å². The highest BCUT2D eigenvalue weighted by molar-refractivity contribution is 5.94. The molecule has 1 aromatic rings. The highest BCUT2D eigenvalue weighted by atomic mass is 19.1. The molecule has 0 aromatic carbocycles. The predicted octanol–water partition coefficient (Wildman–Crippen LogP) is 1.75. The van der Waals surface area contributed by atoms with Crippen molar-refractivity contribution in [3.8, 4) is 0 Å². The minimum Gasteiger partial charge on any atom is -0.388 e. The number of hydrogen-bond donors (Lipinski definition) is 2. The summed E-state index contributed by atoms with van der Waals surface area (Å²) in [6.07, 6.45) is 3.14. The van der Waals surface area contributed by atoms with Crippen LogP contribution in [0.5, 0.6) is 0 Å². The number of pyridine rings is 1. The quantitative estimate of drug-likeness (QED) is 0.841. The largest absolute Gasteiger partial charge is 0.388 e. The number of halogens is 1. The molecule has 100 valence electrons. The average Bonchev–Trinajstić information content (AvgIpc) is 2.35. The zero-order chi connectivity index (χ0) is 13.8. The molecule has 2 atom stereocenters. The molecule has 18 heavy (non-hydrogen) atoms. The molecule has 0 aliphatic carbocycles. The molecule has 0 aliphatic rings. The standard InChI is InChI=1S/C13H19FN2O2/c1-4-9(2)13(3,18)8-16-12(17)10-5-6-15-7-11(10)14/h5-7,9,18H,4,8H2,1-3H3,(H,16,17)/t9-,13+/m1/s1. The van der Waals surface area contributed by atoms with E-state index in [0.29, 0.717) is 0 Å². The summed E-state index contributed by atoms with van der Waals surface area (Å²) in [7, 11) is 0. The van der Waals surface area contributed by atoms with E-state index in [0.717, 1.165) is 12.6 Å². The summed E-state index contributed by atoms with van der Waals surface area (Å²) in [4.78, 5) is 15.3. The molecule has 1 rings (SSSR count). The molecule has 0 aliphatic heterocycles. The molecule has 1 amide bonds. The number of nitrogens with zero attached hydrogens (tertiary/aromatic N) is 1. The fourth-order valence-corrected chi connectivity index (χ4v) is 1.53. The summed E-state index contributed by atoms with van der Waals surface area (Å²) in [5.41, 5.74) is -1.07. The molecule has 5 heteroatoms. The first-order chi connectivity index (χ1) is 8.38. The predicted molar refractivity (Wildman–Crippen MR) is 66.6 cm³/mol. The number of hydrogen-bond acceptors (Lipinski definition) is 3. The zero-order valence-corrected chi connectivity index (χ0v) is 10.9. The molecule has 2 N–H and O–H groups in total. The Hall–Kier alpha value is -1.49. The molecular weight excluding hydrogens is 235 g/mol. The maximum absolute atomic E-state index is 13.3. The Balaban J connectivity index is 2.65. The van der Waals surface area contributed by atoms with E-state index >= 15 is 0 Å². The third kappa shape index (κ3) is 3.50. The molecule has 1 heterocycles. The van der Waals surface area contributed by atoms with Crippen LogP contribution >= 0.6 is 0 Å². The van der Waals surface area contributed by atoms with E-state index in [9.17, 15) is 14.3 Å². The van der Waals surface area contributed by atoms with Gasteiger partial charge in [-0.3, -0.25) is 9.78 Å². The molecule has 0 bridgehead atoms. The van der Waals surface area contributed by atoms with Gasteiger partial charge in [-0.1, -0.05) is 20.3 Å². The van der Waals surface area contributed by atoms with Gasteiger partial charge in [-0.15, -0.1) is 0 Å². The lowest BCUT2D eigenvalue weighted by Crippen LogP contribution is -2.45. The summed E-state index contributed by atoms with van der Waals surface area (Å²) in [6, 6.07) is 1.31. The summed E-state index contributed by atoms with van der Waals surface area (Å²) in [5, 5.41) is 12.7. The van der Waals surface area contributed by atoms with E-state index in [1.54, 1.807) is 6.92 Å². The Labute approximate surface area is 106 Å². The van der Waals surface area contributed by atoms with Crippen molar-refractivity contribution in [2.75, 3.05) is 6.54 Å². The van der Waals surface area contributed by atoms with Gasteiger partial charge in [-0.05, 0) is 18.9 Å². The topological polar surface area (TPSA) is 62.2 Å². The van der Waals surface area contributed by atoms with Crippen LogP contribution in [0.25, 0.3) is 0 Å². The van der Waals surface area contributed by atoms with E-state index in [2.05, 4.69) is 10.3 Å². The molecule has 0 spiro atoms. The summed E-state index contributed by atoms with van der Waals surface area (Å²) >= 11 is 0. The van der Waals surface area contributed by atoms with Gasteiger partial charge < -0.3 is 10.4 Å². The Morgan fingerprint density at radius 3 is 2.89 bits per heavy atom. The minimum atomic E-state index is -1.01. The van der Waals surface area contributed by atoms with E-state index in [4.69, 9.17) is 0 Å². The van der Waals surface area contributed by atoms with Gasteiger partial charge in [0.25, 0.3) is 5.91 Å². The van der Waals surface area contributed by atoms with Crippen LogP contribution in [0.3, 0.4) is 0 Å². The van der Waals surface area contributed by atoms with E-state index in [-0.39, 0.29) is 18.0 Å². The van der Waals surface area contributed by atoms with Crippen molar-refractivity contribution >= 4 is 5.91 Å². The van der Waals surface area contributed by atoms with Crippen molar-refractivity contribution in [1.82, 2.24) is 10.3 Å². The van der Waals surface area contributed by atoms with E-state index in [1.165, 1.54) is 12.3 Å².